The van der Waals surface area contributed by atoms with Gasteiger partial charge in [0, 0.05) is 30.3 Å². The average molecular weight is 352 g/mol. The van der Waals surface area contributed by atoms with Crippen LogP contribution in [-0.4, -0.2) is 24.7 Å². The van der Waals surface area contributed by atoms with Crippen LogP contribution in [0, 0.1) is 5.82 Å². The van der Waals surface area contributed by atoms with Crippen LogP contribution in [-0.2, 0) is 7.05 Å². The van der Waals surface area contributed by atoms with Crippen molar-refractivity contribution >= 4 is 23.1 Å². The van der Waals surface area contributed by atoms with Crippen LogP contribution in [0.4, 0.5) is 16.2 Å². The van der Waals surface area contributed by atoms with Gasteiger partial charge in [-0.2, -0.15) is 5.10 Å². The molecular weight excluding hydrogens is 339 g/mol. The summed E-state index contributed by atoms with van der Waals surface area (Å²) in [6.45, 7) is 0. The van der Waals surface area contributed by atoms with Crippen molar-refractivity contribution in [3.05, 3.63) is 60.0 Å². The molecule has 0 saturated heterocycles. The van der Waals surface area contributed by atoms with Gasteiger partial charge in [0.15, 0.2) is 11.6 Å². The van der Waals surface area contributed by atoms with E-state index >= 15 is 0 Å². The third-order valence-electron chi connectivity index (χ3n) is 3.47. The fourth-order valence-corrected chi connectivity index (χ4v) is 3.11. The Kier molecular flexibility index (Phi) is 3.95. The van der Waals surface area contributed by atoms with Crippen LogP contribution in [0.15, 0.2) is 54.2 Å². The van der Waals surface area contributed by atoms with Crippen molar-refractivity contribution in [2.45, 2.75) is 0 Å². The highest BCUT2D eigenvalue weighted by Gasteiger charge is 2.14. The van der Waals surface area contributed by atoms with E-state index in [9.17, 15) is 4.39 Å². The largest absolute Gasteiger partial charge is 0.307 e. The lowest BCUT2D eigenvalue weighted by atomic mass is 10.2. The van der Waals surface area contributed by atoms with Gasteiger partial charge in [-0.3, -0.25) is 4.68 Å². The minimum absolute atomic E-state index is 0.159. The van der Waals surface area contributed by atoms with Crippen molar-refractivity contribution in [2.75, 3.05) is 5.32 Å². The normalized spacial score (nSPS) is 10.8. The summed E-state index contributed by atoms with van der Waals surface area (Å²) in [6, 6.07) is 11.5. The number of benzene rings is 1. The summed E-state index contributed by atoms with van der Waals surface area (Å²) in [5.74, 6) is 0.337. The molecule has 0 spiro atoms. The highest BCUT2D eigenvalue weighted by molar-refractivity contribution is 7.13. The molecule has 0 radical (unpaired) electrons. The van der Waals surface area contributed by atoms with Crippen molar-refractivity contribution in [3.63, 3.8) is 0 Å². The molecule has 0 aliphatic carbocycles. The number of hydrogen-bond donors (Lipinski definition) is 1. The number of aryl methyl sites for hydroxylation is 1. The Morgan fingerprint density at radius 3 is 2.72 bits per heavy atom. The predicted octanol–water partition coefficient (Wildman–Crippen LogP) is 3.88. The van der Waals surface area contributed by atoms with Crippen molar-refractivity contribution in [1.29, 1.82) is 0 Å². The number of rotatable bonds is 4. The maximum absolute atomic E-state index is 14.2. The molecule has 0 bridgehead atoms. The molecule has 0 saturated carbocycles. The Morgan fingerprint density at radius 1 is 1.12 bits per heavy atom. The van der Waals surface area contributed by atoms with Gasteiger partial charge >= 0.3 is 0 Å². The molecule has 4 aromatic rings. The van der Waals surface area contributed by atoms with Crippen molar-refractivity contribution in [3.8, 4) is 22.0 Å². The molecule has 0 fully saturated rings. The van der Waals surface area contributed by atoms with Gasteiger partial charge in [-0.05, 0) is 0 Å². The van der Waals surface area contributed by atoms with E-state index in [2.05, 4.69) is 25.4 Å². The molecule has 124 valence electrons. The molecule has 1 aromatic carbocycles. The van der Waals surface area contributed by atoms with Gasteiger partial charge in [0.2, 0.25) is 5.95 Å². The highest BCUT2D eigenvalue weighted by atomic mass is 32.1. The first-order chi connectivity index (χ1) is 12.2. The third-order valence-corrected chi connectivity index (χ3v) is 4.36. The van der Waals surface area contributed by atoms with E-state index in [4.69, 9.17) is 0 Å². The topological polar surface area (TPSA) is 68.5 Å². The van der Waals surface area contributed by atoms with Gasteiger partial charge in [-0.15, -0.1) is 11.3 Å². The zero-order valence-electron chi connectivity index (χ0n) is 13.2. The lowest BCUT2D eigenvalue weighted by Gasteiger charge is -2.04. The van der Waals surface area contributed by atoms with E-state index in [0.717, 1.165) is 16.8 Å². The molecule has 0 aliphatic heterocycles. The summed E-state index contributed by atoms with van der Waals surface area (Å²) in [5, 5.41) is 9.75. The highest BCUT2D eigenvalue weighted by Crippen LogP contribution is 2.29. The lowest BCUT2D eigenvalue weighted by Crippen LogP contribution is -2.01. The molecule has 0 atom stereocenters. The van der Waals surface area contributed by atoms with Crippen LogP contribution < -0.4 is 5.32 Å². The minimum Gasteiger partial charge on any atom is -0.307 e. The Morgan fingerprint density at radius 2 is 1.96 bits per heavy atom. The number of nitrogens with zero attached hydrogens (tertiary/aromatic N) is 5. The molecular formula is C17H13FN6S. The van der Waals surface area contributed by atoms with E-state index in [1.165, 1.54) is 11.3 Å². The summed E-state index contributed by atoms with van der Waals surface area (Å²) >= 11 is 1.45. The first kappa shape index (κ1) is 15.4. The van der Waals surface area contributed by atoms with Crippen LogP contribution in [0.3, 0.4) is 0 Å². The van der Waals surface area contributed by atoms with E-state index in [1.54, 1.807) is 22.3 Å². The summed E-state index contributed by atoms with van der Waals surface area (Å²) in [5.41, 5.74) is 1.62. The quantitative estimate of drug-likeness (QED) is 0.604. The second-order valence-electron chi connectivity index (χ2n) is 5.29. The molecule has 3 aromatic heterocycles. The van der Waals surface area contributed by atoms with E-state index in [-0.39, 0.29) is 11.6 Å². The molecule has 8 heteroatoms. The summed E-state index contributed by atoms with van der Waals surface area (Å²) in [7, 11) is 1.81. The van der Waals surface area contributed by atoms with Crippen LogP contribution in [0.5, 0.6) is 0 Å². The molecule has 0 unspecified atom stereocenters. The number of thiazole rings is 1. The van der Waals surface area contributed by atoms with Crippen molar-refractivity contribution in [1.82, 2.24) is 24.7 Å². The maximum atomic E-state index is 14.2. The summed E-state index contributed by atoms with van der Waals surface area (Å²) < 4.78 is 15.9. The van der Waals surface area contributed by atoms with Gasteiger partial charge in [0.1, 0.15) is 16.4 Å². The molecule has 3 heterocycles. The smallest absolute Gasteiger partial charge is 0.229 e. The number of anilines is 2. The Hall–Kier alpha value is -3.13. The SMILES string of the molecule is Cn1ccc(Nc2ncc(F)c(-c3csc(-c4ccccc4)n3)n2)n1. The summed E-state index contributed by atoms with van der Waals surface area (Å²) in [6.07, 6.45) is 2.93. The fraction of sp³-hybridized carbons (Fsp3) is 0.0588. The molecule has 0 amide bonds. The molecule has 1 N–H and O–H groups in total. The lowest BCUT2D eigenvalue weighted by molar-refractivity contribution is 0.618. The number of aromatic nitrogens is 5. The molecule has 0 aliphatic rings. The van der Waals surface area contributed by atoms with Crippen LogP contribution in [0.1, 0.15) is 0 Å². The van der Waals surface area contributed by atoms with E-state index in [1.807, 2.05) is 37.4 Å². The standard InChI is InChI=1S/C17H13FN6S/c1-24-8-7-14(23-24)21-17-19-9-12(18)15(22-17)13-10-25-16(20-13)11-5-3-2-4-6-11/h2-10H,1H3,(H,19,21,22,23). The van der Waals surface area contributed by atoms with Gasteiger partial charge in [-0.25, -0.2) is 19.3 Å². The first-order valence-corrected chi connectivity index (χ1v) is 8.37. The number of nitrogens with one attached hydrogen (secondary N) is 1. The Bertz CT molecular complexity index is 1010. The zero-order valence-corrected chi connectivity index (χ0v) is 14.0. The van der Waals surface area contributed by atoms with Gasteiger partial charge < -0.3 is 5.32 Å². The van der Waals surface area contributed by atoms with Gasteiger partial charge in [0.05, 0.1) is 6.20 Å². The Balaban J connectivity index is 1.66. The van der Waals surface area contributed by atoms with E-state index < -0.39 is 5.82 Å². The van der Waals surface area contributed by atoms with Crippen LogP contribution >= 0.6 is 11.3 Å². The van der Waals surface area contributed by atoms with Gasteiger partial charge in [-0.1, -0.05) is 30.3 Å². The molecule has 6 nitrogen and oxygen atoms in total. The average Bonchev–Trinajstić information content (AvgIpc) is 3.27. The van der Waals surface area contributed by atoms with Crippen molar-refractivity contribution < 1.29 is 4.39 Å². The second-order valence-corrected chi connectivity index (χ2v) is 6.15. The van der Waals surface area contributed by atoms with Crippen molar-refractivity contribution in [2.24, 2.45) is 7.05 Å². The predicted molar refractivity (Wildman–Crippen MR) is 95.0 cm³/mol. The molecule has 25 heavy (non-hydrogen) atoms. The maximum Gasteiger partial charge on any atom is 0.229 e. The second kappa shape index (κ2) is 6.40. The summed E-state index contributed by atoms with van der Waals surface area (Å²) in [4.78, 5) is 12.7. The third kappa shape index (κ3) is 3.24. The fourth-order valence-electron chi connectivity index (χ4n) is 2.30. The number of halogens is 1. The minimum atomic E-state index is -0.517. The van der Waals surface area contributed by atoms with E-state index in [0.29, 0.717) is 11.5 Å². The van der Waals surface area contributed by atoms with Gasteiger partial charge in [0.25, 0.3) is 0 Å². The zero-order chi connectivity index (χ0) is 17.2. The monoisotopic (exact) mass is 352 g/mol. The molecule has 4 rings (SSSR count). The Labute approximate surface area is 147 Å². The van der Waals surface area contributed by atoms with Crippen LogP contribution in [0.25, 0.3) is 22.0 Å². The first-order valence-electron chi connectivity index (χ1n) is 7.49. The van der Waals surface area contributed by atoms with Crippen LogP contribution in [0.2, 0.25) is 0 Å². The number of hydrogen-bond acceptors (Lipinski definition) is 6.